The molecular weight excluding hydrogens is 750 g/mol. The molecule has 0 aliphatic carbocycles. The van der Waals surface area contributed by atoms with E-state index in [1.807, 2.05) is 6.92 Å². The zero-order valence-corrected chi connectivity index (χ0v) is 30.8. The summed E-state index contributed by atoms with van der Waals surface area (Å²) in [6.07, 6.45) is 2.53. The van der Waals surface area contributed by atoms with E-state index in [1.165, 1.54) is 53.4 Å². The number of carbonyl (C=O) groups is 2. The molecular formula is C39H38Cl2F3N3O7. The number of benzene rings is 3. The molecule has 286 valence electrons. The first-order valence-electron chi connectivity index (χ1n) is 17.5. The minimum Gasteiger partial charge on any atom is -0.619 e. The Hall–Kier alpha value is -4.72. The summed E-state index contributed by atoms with van der Waals surface area (Å²) in [5, 5.41) is 12.0. The Labute approximate surface area is 320 Å². The summed E-state index contributed by atoms with van der Waals surface area (Å²) in [7, 11) is 0. The summed E-state index contributed by atoms with van der Waals surface area (Å²) in [5.74, 6) is -1.29. The van der Waals surface area contributed by atoms with Crippen LogP contribution in [0.2, 0.25) is 10.0 Å². The number of carbonyl (C=O) groups excluding carboxylic acids is 2. The van der Waals surface area contributed by atoms with Gasteiger partial charge in [-0.1, -0.05) is 60.5 Å². The molecule has 1 amide bonds. The number of pyridine rings is 1. The molecule has 3 fully saturated rings. The largest absolute Gasteiger partial charge is 0.619 e. The van der Waals surface area contributed by atoms with Crippen LogP contribution in [0.25, 0.3) is 0 Å². The van der Waals surface area contributed by atoms with Gasteiger partial charge in [0.1, 0.15) is 28.1 Å². The zero-order chi connectivity index (χ0) is 38.4. The van der Waals surface area contributed by atoms with Crippen molar-refractivity contribution in [3.8, 4) is 11.5 Å². The van der Waals surface area contributed by atoms with Crippen molar-refractivity contribution in [2.45, 2.75) is 58.0 Å². The topological polar surface area (TPSA) is 104 Å². The van der Waals surface area contributed by atoms with E-state index in [-0.39, 0.29) is 64.4 Å². The van der Waals surface area contributed by atoms with E-state index in [9.17, 15) is 23.6 Å². The molecule has 3 aliphatic rings. The molecule has 4 aromatic rings. The van der Waals surface area contributed by atoms with Crippen molar-refractivity contribution in [1.82, 2.24) is 4.90 Å². The van der Waals surface area contributed by atoms with Crippen molar-refractivity contribution in [2.24, 2.45) is 5.92 Å². The second-order valence-corrected chi connectivity index (χ2v) is 13.9. The lowest BCUT2D eigenvalue weighted by molar-refractivity contribution is -0.605. The molecule has 2 bridgehead atoms. The number of piperidine rings is 3. The Balaban J connectivity index is 1.24. The number of nitrogens with zero attached hydrogens (tertiary/aromatic N) is 3. The molecule has 1 aromatic heterocycles. The molecule has 10 nitrogen and oxygen atoms in total. The smallest absolute Gasteiger partial charge is 0.415 e. The van der Waals surface area contributed by atoms with Crippen LogP contribution < -0.4 is 19.1 Å². The van der Waals surface area contributed by atoms with Crippen LogP contribution in [0.3, 0.4) is 0 Å². The van der Waals surface area contributed by atoms with Crippen LogP contribution in [0.1, 0.15) is 59.3 Å². The highest BCUT2D eigenvalue weighted by atomic mass is 35.5. The number of para-hydroxylation sites is 1. The number of fused-ring (bicyclic) bond motifs is 3. The molecule has 2 atom stereocenters. The monoisotopic (exact) mass is 787 g/mol. The first-order valence-corrected chi connectivity index (χ1v) is 18.3. The minimum atomic E-state index is -3.10. The van der Waals surface area contributed by atoms with Gasteiger partial charge in [0.15, 0.2) is 23.9 Å². The van der Waals surface area contributed by atoms with Gasteiger partial charge in [-0.3, -0.25) is 9.80 Å². The van der Waals surface area contributed by atoms with Crippen molar-refractivity contribution in [1.29, 1.82) is 0 Å². The molecule has 7 rings (SSSR count). The van der Waals surface area contributed by atoms with Gasteiger partial charge in [0, 0.05) is 18.5 Å². The molecule has 0 unspecified atom stereocenters. The summed E-state index contributed by atoms with van der Waals surface area (Å²) >= 11 is 12.7. The van der Waals surface area contributed by atoms with E-state index in [2.05, 4.69) is 9.64 Å². The van der Waals surface area contributed by atoms with E-state index >= 15 is 4.39 Å². The fourth-order valence-corrected chi connectivity index (χ4v) is 7.26. The zero-order valence-electron chi connectivity index (χ0n) is 29.3. The van der Waals surface area contributed by atoms with Gasteiger partial charge in [-0.25, -0.2) is 14.0 Å². The number of anilines is 1. The summed E-state index contributed by atoms with van der Waals surface area (Å²) in [6.45, 7) is 1.47. The van der Waals surface area contributed by atoms with Gasteiger partial charge < -0.3 is 24.2 Å². The molecule has 0 N–H and O–H groups in total. The lowest BCUT2D eigenvalue weighted by Gasteiger charge is -2.44. The van der Waals surface area contributed by atoms with Crippen LogP contribution in [-0.2, 0) is 22.4 Å². The van der Waals surface area contributed by atoms with E-state index in [1.54, 1.807) is 18.2 Å². The van der Waals surface area contributed by atoms with E-state index < -0.39 is 30.6 Å². The van der Waals surface area contributed by atoms with Crippen LogP contribution in [0, 0.1) is 16.9 Å². The molecule has 54 heavy (non-hydrogen) atoms. The van der Waals surface area contributed by atoms with Crippen molar-refractivity contribution in [3.63, 3.8) is 0 Å². The van der Waals surface area contributed by atoms with Gasteiger partial charge in [0.05, 0.1) is 24.4 Å². The number of esters is 1. The van der Waals surface area contributed by atoms with Crippen molar-refractivity contribution >= 4 is 41.0 Å². The summed E-state index contributed by atoms with van der Waals surface area (Å²) in [6, 6.07) is 16.3. The Morgan fingerprint density at radius 2 is 1.70 bits per heavy atom. The Morgan fingerprint density at radius 1 is 1.00 bits per heavy atom. The molecule has 4 heterocycles. The molecule has 0 spiro atoms. The first-order chi connectivity index (χ1) is 26.0. The number of ether oxygens (including phenoxy) is 4. The lowest BCUT2D eigenvalue weighted by Crippen LogP contribution is -2.53. The summed E-state index contributed by atoms with van der Waals surface area (Å²) in [4.78, 5) is 30.8. The van der Waals surface area contributed by atoms with E-state index in [0.717, 1.165) is 38.3 Å². The third-order valence-corrected chi connectivity index (χ3v) is 10.1. The Kier molecular flexibility index (Phi) is 12.7. The minimum absolute atomic E-state index is 0.00846. The number of rotatable bonds is 14. The first kappa shape index (κ1) is 39.0. The highest BCUT2D eigenvalue weighted by molar-refractivity contribution is 6.35. The molecule has 3 saturated heterocycles. The predicted molar refractivity (Wildman–Crippen MR) is 195 cm³/mol. The standard InChI is InChI=1S/C39H38Cl2F3N3O7/c1-2-17-51-35-18-27(11-12-33(35)53-38(43)44)34(19-28-29(40)21-46(50)22-30(28)41)52-37(48)26-9-7-24(8-10-26)20-47(32-6-4-3-5-31(32)42)39(49)54-36-23-45-15-13-25(36)14-16-45/h3-12,18,21-22,25,34,36,38H,2,13-17,19-20,23H2,1H3/t34-,36-/m0/s1. The molecule has 3 aromatic carbocycles. The number of hydrogen-bond donors (Lipinski definition) is 0. The third kappa shape index (κ3) is 9.49. The van der Waals surface area contributed by atoms with E-state index in [4.69, 9.17) is 37.4 Å². The second-order valence-electron chi connectivity index (χ2n) is 13.1. The van der Waals surface area contributed by atoms with Crippen LogP contribution in [0.5, 0.6) is 11.5 Å². The lowest BCUT2D eigenvalue weighted by atomic mass is 9.86. The predicted octanol–water partition coefficient (Wildman–Crippen LogP) is 8.53. The fraction of sp³-hybridized carbons (Fsp3) is 0.359. The van der Waals surface area contributed by atoms with Crippen molar-refractivity contribution < 1.29 is 46.4 Å². The van der Waals surface area contributed by atoms with Gasteiger partial charge in [-0.05, 0) is 85.8 Å². The maximum atomic E-state index is 15.1. The highest BCUT2D eigenvalue weighted by Gasteiger charge is 2.38. The fourth-order valence-electron chi connectivity index (χ4n) is 6.66. The van der Waals surface area contributed by atoms with Gasteiger partial charge in [0.2, 0.25) is 0 Å². The molecule has 0 saturated carbocycles. The van der Waals surface area contributed by atoms with Crippen LogP contribution in [0.4, 0.5) is 23.7 Å². The van der Waals surface area contributed by atoms with Gasteiger partial charge in [-0.2, -0.15) is 13.5 Å². The second kappa shape index (κ2) is 17.6. The van der Waals surface area contributed by atoms with E-state index in [0.29, 0.717) is 34.4 Å². The van der Waals surface area contributed by atoms with Crippen LogP contribution in [-0.4, -0.2) is 55.9 Å². The van der Waals surface area contributed by atoms with Crippen LogP contribution in [0.15, 0.2) is 79.1 Å². The van der Waals surface area contributed by atoms with Gasteiger partial charge in [0.25, 0.3) is 0 Å². The van der Waals surface area contributed by atoms with Gasteiger partial charge in [-0.15, -0.1) is 0 Å². The average molecular weight is 789 g/mol. The molecule has 15 heteroatoms. The molecule has 0 radical (unpaired) electrons. The maximum absolute atomic E-state index is 15.1. The summed E-state index contributed by atoms with van der Waals surface area (Å²) in [5.41, 5.74) is 1.43. The highest BCUT2D eigenvalue weighted by Crippen LogP contribution is 2.37. The Bertz CT molecular complexity index is 1920. The number of halogens is 5. The van der Waals surface area contributed by atoms with Crippen molar-refractivity contribution in [2.75, 3.05) is 31.1 Å². The number of hydrogen-bond acceptors (Lipinski definition) is 8. The number of amides is 1. The summed E-state index contributed by atoms with van der Waals surface area (Å²) < 4.78 is 64.1. The number of aromatic nitrogens is 1. The SMILES string of the molecule is CCCOc1cc([C@H](Cc2c(Cl)c[n+]([O-])cc2Cl)OC(=O)c2ccc(CN(C(=O)O[C@H]3CN4CCC3CC4)c3ccccc3F)cc2)ccc1OC(F)F. The average Bonchev–Trinajstić information content (AvgIpc) is 3.15. The van der Waals surface area contributed by atoms with Gasteiger partial charge >= 0.3 is 18.7 Å². The quantitative estimate of drug-likeness (QED) is 0.0712. The molecule has 3 aliphatic heterocycles. The maximum Gasteiger partial charge on any atom is 0.415 e. The number of alkyl halides is 2. The third-order valence-electron chi connectivity index (χ3n) is 9.46. The Morgan fingerprint density at radius 3 is 2.33 bits per heavy atom. The normalized spacial score (nSPS) is 18.2. The van der Waals surface area contributed by atoms with Crippen LogP contribution >= 0.6 is 23.2 Å². The van der Waals surface area contributed by atoms with Crippen molar-refractivity contribution in [3.05, 3.63) is 122 Å².